The Morgan fingerprint density at radius 3 is 2.50 bits per heavy atom. The van der Waals surface area contributed by atoms with Gasteiger partial charge in [0.2, 0.25) is 0 Å². The summed E-state index contributed by atoms with van der Waals surface area (Å²) in [4.78, 5) is 4.98. The van der Waals surface area contributed by atoms with Crippen molar-refractivity contribution in [2.75, 3.05) is 0 Å². The minimum atomic E-state index is 1.04. The first-order chi connectivity index (χ1) is 12.6. The lowest BCUT2D eigenvalue weighted by molar-refractivity contribution is 0.863. The fourth-order valence-electron chi connectivity index (χ4n) is 4.35. The van der Waals surface area contributed by atoms with E-state index in [2.05, 4.69) is 79.3 Å². The van der Waals surface area contributed by atoms with E-state index in [1.807, 2.05) is 0 Å². The van der Waals surface area contributed by atoms with Gasteiger partial charge in [-0.1, -0.05) is 31.5 Å². The third kappa shape index (κ3) is 1.91. The Labute approximate surface area is 152 Å². The van der Waals surface area contributed by atoms with Crippen molar-refractivity contribution in [3.63, 3.8) is 0 Å². The van der Waals surface area contributed by atoms with E-state index in [4.69, 9.17) is 4.98 Å². The van der Waals surface area contributed by atoms with Crippen LogP contribution in [0.5, 0.6) is 0 Å². The van der Waals surface area contributed by atoms with Gasteiger partial charge in [0.1, 0.15) is 5.65 Å². The lowest BCUT2D eigenvalue weighted by atomic mass is 10.1. The number of fused-ring (bicyclic) bond motifs is 6. The van der Waals surface area contributed by atoms with E-state index in [0.717, 1.165) is 24.0 Å². The molecule has 3 aromatic heterocycles. The molecule has 130 valence electrons. The number of hydrogen-bond donors (Lipinski definition) is 0. The minimum absolute atomic E-state index is 1.04. The Hall–Kier alpha value is -2.81. The Morgan fingerprint density at radius 2 is 1.69 bits per heavy atom. The Bertz CT molecular complexity index is 1320. The molecule has 0 bridgehead atoms. The van der Waals surface area contributed by atoms with E-state index in [-0.39, 0.29) is 0 Å². The molecule has 3 heteroatoms. The number of para-hydroxylation sites is 1. The van der Waals surface area contributed by atoms with Crippen molar-refractivity contribution in [3.8, 4) is 0 Å². The normalized spacial score (nSPS) is 12.2. The van der Waals surface area contributed by atoms with Gasteiger partial charge in [0.05, 0.1) is 16.6 Å². The van der Waals surface area contributed by atoms with Gasteiger partial charge in [0, 0.05) is 29.0 Å². The van der Waals surface area contributed by atoms with Crippen LogP contribution in [0.1, 0.15) is 30.2 Å². The molecule has 0 N–H and O–H groups in total. The summed E-state index contributed by atoms with van der Waals surface area (Å²) in [7, 11) is 2.18. The largest absolute Gasteiger partial charge is 0.342 e. The average molecular weight is 341 g/mol. The quantitative estimate of drug-likeness (QED) is 0.403. The van der Waals surface area contributed by atoms with E-state index in [9.17, 15) is 0 Å². The Morgan fingerprint density at radius 1 is 0.923 bits per heavy atom. The fraction of sp³-hybridized carbons (Fsp3) is 0.261. The maximum Gasteiger partial charge on any atom is 0.138 e. The predicted molar refractivity (Wildman–Crippen MR) is 110 cm³/mol. The predicted octanol–water partition coefficient (Wildman–Crippen LogP) is 5.70. The van der Waals surface area contributed by atoms with Crippen LogP contribution in [-0.2, 0) is 13.5 Å². The van der Waals surface area contributed by atoms with Gasteiger partial charge in [-0.3, -0.25) is 4.40 Å². The molecule has 0 spiro atoms. The van der Waals surface area contributed by atoms with Crippen LogP contribution in [0.3, 0.4) is 0 Å². The molecule has 5 aromatic rings. The molecule has 0 fully saturated rings. The maximum absolute atomic E-state index is 4.98. The zero-order chi connectivity index (χ0) is 18.0. The van der Waals surface area contributed by atoms with Crippen LogP contribution in [0, 0.1) is 13.8 Å². The van der Waals surface area contributed by atoms with Crippen molar-refractivity contribution >= 4 is 38.5 Å². The Balaban J connectivity index is 2.07. The van der Waals surface area contributed by atoms with Gasteiger partial charge in [-0.25, -0.2) is 4.98 Å². The molecule has 3 heterocycles. The van der Waals surface area contributed by atoms with Crippen molar-refractivity contribution in [2.45, 2.75) is 33.6 Å². The molecule has 5 rings (SSSR count). The summed E-state index contributed by atoms with van der Waals surface area (Å²) in [6.45, 7) is 6.60. The standard InChI is InChI=1S/C23H23N3/c1-5-8-20-23-17(16-9-6-7-10-19(16)25(23)4)13-22-24-18-11-14(2)15(3)12-21(18)26(20)22/h6-7,9-13H,5,8H2,1-4H3. The van der Waals surface area contributed by atoms with Gasteiger partial charge in [-0.2, -0.15) is 0 Å². The molecule has 3 nitrogen and oxygen atoms in total. The first-order valence-corrected chi connectivity index (χ1v) is 9.38. The van der Waals surface area contributed by atoms with Crippen LogP contribution in [0.4, 0.5) is 0 Å². The first kappa shape index (κ1) is 15.4. The Kier molecular flexibility index (Phi) is 3.17. The maximum atomic E-state index is 4.98. The van der Waals surface area contributed by atoms with Gasteiger partial charge < -0.3 is 4.57 Å². The first-order valence-electron chi connectivity index (χ1n) is 9.38. The average Bonchev–Trinajstić information content (AvgIpc) is 3.12. The van der Waals surface area contributed by atoms with Crippen LogP contribution in [0.25, 0.3) is 38.5 Å². The highest BCUT2D eigenvalue weighted by Crippen LogP contribution is 2.34. The van der Waals surface area contributed by atoms with Crippen LogP contribution < -0.4 is 0 Å². The van der Waals surface area contributed by atoms with Crippen molar-refractivity contribution in [2.24, 2.45) is 7.05 Å². The number of aryl methyl sites for hydroxylation is 4. The van der Waals surface area contributed by atoms with Crippen molar-refractivity contribution < 1.29 is 0 Å². The third-order valence-electron chi connectivity index (χ3n) is 5.75. The SMILES string of the molecule is CCCc1c2c(cc3nc4cc(C)c(C)cc4n13)c1ccccc1n2C. The molecule has 0 atom stereocenters. The molecule has 26 heavy (non-hydrogen) atoms. The smallest absolute Gasteiger partial charge is 0.138 e. The molecular formula is C23H23N3. The summed E-state index contributed by atoms with van der Waals surface area (Å²) in [5.41, 5.74) is 9.96. The highest BCUT2D eigenvalue weighted by atomic mass is 15.0. The number of rotatable bonds is 2. The molecule has 0 aliphatic carbocycles. The number of benzene rings is 2. The number of hydrogen-bond acceptors (Lipinski definition) is 1. The highest BCUT2D eigenvalue weighted by Gasteiger charge is 2.18. The second-order valence-electron chi connectivity index (χ2n) is 7.41. The molecule has 2 aromatic carbocycles. The van der Waals surface area contributed by atoms with Crippen LogP contribution in [0.2, 0.25) is 0 Å². The molecule has 0 amide bonds. The molecule has 0 saturated heterocycles. The molecule has 0 radical (unpaired) electrons. The van der Waals surface area contributed by atoms with E-state index < -0.39 is 0 Å². The molecule has 0 unspecified atom stereocenters. The van der Waals surface area contributed by atoms with Crippen LogP contribution in [0.15, 0.2) is 42.5 Å². The van der Waals surface area contributed by atoms with Crippen molar-refractivity contribution in [3.05, 3.63) is 59.3 Å². The summed E-state index contributed by atoms with van der Waals surface area (Å²) in [6, 6.07) is 15.4. The highest BCUT2D eigenvalue weighted by molar-refractivity contribution is 6.10. The molecule has 0 saturated carbocycles. The van der Waals surface area contributed by atoms with Crippen molar-refractivity contribution in [1.29, 1.82) is 0 Å². The fourth-order valence-corrected chi connectivity index (χ4v) is 4.35. The summed E-state index contributed by atoms with van der Waals surface area (Å²) >= 11 is 0. The lowest BCUT2D eigenvalue weighted by Gasteiger charge is -2.11. The number of pyridine rings is 1. The summed E-state index contributed by atoms with van der Waals surface area (Å²) < 4.78 is 4.73. The monoisotopic (exact) mass is 341 g/mol. The molecule has 0 aliphatic rings. The topological polar surface area (TPSA) is 22.2 Å². The van der Waals surface area contributed by atoms with Crippen molar-refractivity contribution in [1.82, 2.24) is 14.0 Å². The van der Waals surface area contributed by atoms with E-state index in [1.54, 1.807) is 0 Å². The van der Waals surface area contributed by atoms with Gasteiger partial charge >= 0.3 is 0 Å². The van der Waals surface area contributed by atoms with Gasteiger partial charge in [0.25, 0.3) is 0 Å². The zero-order valence-electron chi connectivity index (χ0n) is 15.8. The molecule has 0 aliphatic heterocycles. The van der Waals surface area contributed by atoms with E-state index >= 15 is 0 Å². The number of nitrogens with zero attached hydrogens (tertiary/aromatic N) is 3. The van der Waals surface area contributed by atoms with E-state index in [0.29, 0.717) is 0 Å². The van der Waals surface area contributed by atoms with Gasteiger partial charge in [0.15, 0.2) is 0 Å². The second kappa shape index (κ2) is 5.34. The lowest BCUT2D eigenvalue weighted by Crippen LogP contribution is -2.01. The van der Waals surface area contributed by atoms with Crippen LogP contribution in [-0.4, -0.2) is 14.0 Å². The van der Waals surface area contributed by atoms with Gasteiger partial charge in [-0.15, -0.1) is 0 Å². The summed E-state index contributed by atoms with van der Waals surface area (Å²) in [6.07, 6.45) is 2.15. The van der Waals surface area contributed by atoms with Crippen LogP contribution >= 0.6 is 0 Å². The second-order valence-corrected chi connectivity index (χ2v) is 7.41. The third-order valence-corrected chi connectivity index (χ3v) is 5.75. The minimum Gasteiger partial charge on any atom is -0.342 e. The zero-order valence-corrected chi connectivity index (χ0v) is 15.8. The molecular weight excluding hydrogens is 318 g/mol. The number of imidazole rings is 1. The van der Waals surface area contributed by atoms with E-state index in [1.165, 1.54) is 44.1 Å². The summed E-state index contributed by atoms with van der Waals surface area (Å²) in [5.74, 6) is 0. The number of aromatic nitrogens is 3. The van der Waals surface area contributed by atoms with Gasteiger partial charge in [-0.05, 0) is 55.7 Å². The summed E-state index contributed by atoms with van der Waals surface area (Å²) in [5, 5.41) is 2.62.